The van der Waals surface area contributed by atoms with Crippen LogP contribution in [-0.4, -0.2) is 19.1 Å². The lowest BCUT2D eigenvalue weighted by Gasteiger charge is -2.12. The van der Waals surface area contributed by atoms with Crippen LogP contribution in [0, 0.1) is 0 Å². The summed E-state index contributed by atoms with van der Waals surface area (Å²) in [5.41, 5.74) is 10.7. The van der Waals surface area contributed by atoms with Crippen molar-refractivity contribution < 1.29 is 0 Å². The molecular formula is C46H30N4. The summed E-state index contributed by atoms with van der Waals surface area (Å²) in [5.74, 6) is 0.703. The topological polar surface area (TPSA) is 35.6 Å². The van der Waals surface area contributed by atoms with Crippen molar-refractivity contribution in [1.82, 2.24) is 19.1 Å². The Labute approximate surface area is 289 Å². The lowest BCUT2D eigenvalue weighted by Crippen LogP contribution is -1.97. The van der Waals surface area contributed by atoms with Crippen molar-refractivity contribution in [2.75, 3.05) is 0 Å². The summed E-state index contributed by atoms with van der Waals surface area (Å²) in [5, 5.41) is 6.21. The van der Waals surface area contributed by atoms with E-state index in [9.17, 15) is 0 Å². The lowest BCUT2D eigenvalue weighted by atomic mass is 10.0. The molecule has 50 heavy (non-hydrogen) atoms. The first kappa shape index (κ1) is 28.3. The van der Waals surface area contributed by atoms with Crippen molar-refractivity contribution in [3.05, 3.63) is 182 Å². The highest BCUT2D eigenvalue weighted by Crippen LogP contribution is 2.41. The quantitative estimate of drug-likeness (QED) is 0.188. The normalized spacial score (nSPS) is 11.6. The van der Waals surface area contributed by atoms with E-state index in [4.69, 9.17) is 9.97 Å². The summed E-state index contributed by atoms with van der Waals surface area (Å²) in [6, 6.07) is 62.0. The van der Waals surface area contributed by atoms with Crippen LogP contribution in [0.25, 0.3) is 88.8 Å². The molecule has 3 aromatic heterocycles. The van der Waals surface area contributed by atoms with Crippen LogP contribution in [0.5, 0.6) is 0 Å². The Hall–Kier alpha value is -6.78. The number of rotatable bonds is 5. The zero-order valence-electron chi connectivity index (χ0n) is 27.1. The minimum Gasteiger partial charge on any atom is -0.316 e. The van der Waals surface area contributed by atoms with Gasteiger partial charge in [0.25, 0.3) is 0 Å². The lowest BCUT2D eigenvalue weighted by molar-refractivity contribution is 1.13. The highest BCUT2D eigenvalue weighted by atomic mass is 15.0. The fourth-order valence-electron chi connectivity index (χ4n) is 7.43. The number of aromatic nitrogens is 4. The van der Waals surface area contributed by atoms with Gasteiger partial charge in [-0.1, -0.05) is 115 Å². The van der Waals surface area contributed by atoms with Gasteiger partial charge in [0.15, 0.2) is 5.82 Å². The van der Waals surface area contributed by atoms with Crippen LogP contribution >= 0.6 is 0 Å². The summed E-state index contributed by atoms with van der Waals surface area (Å²) < 4.78 is 4.71. The number of hydrogen-bond donors (Lipinski definition) is 0. The van der Waals surface area contributed by atoms with Crippen LogP contribution in [0.15, 0.2) is 182 Å². The first-order chi connectivity index (χ1) is 24.8. The SMILES string of the molecule is c1ccc(-c2cc(-c3ccccc3)nc(-c3ccc(-n4c5ccccc5c5c6c(ccc7ccn(-c8ccccc8)c76)ccc54)cc3)n2)cc1. The number of benzene rings is 7. The maximum atomic E-state index is 5.06. The smallest absolute Gasteiger partial charge is 0.160 e. The van der Waals surface area contributed by atoms with Crippen molar-refractivity contribution >= 4 is 43.5 Å². The van der Waals surface area contributed by atoms with E-state index in [-0.39, 0.29) is 0 Å². The van der Waals surface area contributed by atoms with E-state index < -0.39 is 0 Å². The Morgan fingerprint density at radius 3 is 1.70 bits per heavy atom. The summed E-state index contributed by atoms with van der Waals surface area (Å²) in [6.07, 6.45) is 2.19. The maximum absolute atomic E-state index is 5.06. The second-order valence-corrected chi connectivity index (χ2v) is 12.7. The molecule has 10 rings (SSSR count). The largest absolute Gasteiger partial charge is 0.316 e. The highest BCUT2D eigenvalue weighted by Gasteiger charge is 2.18. The van der Waals surface area contributed by atoms with Gasteiger partial charge in [0.1, 0.15) is 0 Å². The number of nitrogens with zero attached hydrogens (tertiary/aromatic N) is 4. The van der Waals surface area contributed by atoms with Crippen LogP contribution in [0.4, 0.5) is 0 Å². The van der Waals surface area contributed by atoms with Crippen molar-refractivity contribution in [1.29, 1.82) is 0 Å². The molecule has 0 saturated heterocycles. The third-order valence-corrected chi connectivity index (χ3v) is 9.75. The highest BCUT2D eigenvalue weighted by molar-refractivity contribution is 6.27. The van der Waals surface area contributed by atoms with E-state index in [0.717, 1.165) is 39.5 Å². The molecule has 0 radical (unpaired) electrons. The Kier molecular flexibility index (Phi) is 6.46. The van der Waals surface area contributed by atoms with Crippen molar-refractivity contribution in [2.24, 2.45) is 0 Å². The molecular weight excluding hydrogens is 609 g/mol. The summed E-state index contributed by atoms with van der Waals surface area (Å²) in [4.78, 5) is 10.1. The minimum atomic E-state index is 0.703. The van der Waals surface area contributed by atoms with E-state index in [1.54, 1.807) is 0 Å². The van der Waals surface area contributed by atoms with Gasteiger partial charge in [-0.3, -0.25) is 0 Å². The Bertz CT molecular complexity index is 2770. The molecule has 10 aromatic rings. The molecule has 0 saturated carbocycles. The predicted molar refractivity (Wildman–Crippen MR) is 207 cm³/mol. The van der Waals surface area contributed by atoms with Crippen LogP contribution in [-0.2, 0) is 0 Å². The zero-order chi connectivity index (χ0) is 33.0. The fourth-order valence-corrected chi connectivity index (χ4v) is 7.43. The van der Waals surface area contributed by atoms with Crippen molar-refractivity contribution in [3.63, 3.8) is 0 Å². The summed E-state index contributed by atoms with van der Waals surface area (Å²) >= 11 is 0. The van der Waals surface area contributed by atoms with E-state index in [1.165, 1.54) is 43.5 Å². The molecule has 234 valence electrons. The molecule has 4 nitrogen and oxygen atoms in total. The van der Waals surface area contributed by atoms with Gasteiger partial charge in [-0.2, -0.15) is 0 Å². The standard InChI is InChI=1S/C46H30N4/c1-4-12-31(13-5-1)39-30-40(32-14-6-2-7-15-32)48-46(47-39)35-22-25-37(26-23-35)50-41-19-11-10-18-38(41)44-42(50)27-24-33-20-21-34-28-29-49(45(34)43(33)44)36-16-8-3-9-17-36/h1-30H. The van der Waals surface area contributed by atoms with Crippen LogP contribution < -0.4 is 0 Å². The van der Waals surface area contributed by atoms with E-state index in [0.29, 0.717) is 5.82 Å². The average Bonchev–Trinajstić information content (AvgIpc) is 3.79. The second kappa shape index (κ2) is 11.4. The van der Waals surface area contributed by atoms with Crippen LogP contribution in [0.3, 0.4) is 0 Å². The molecule has 7 aromatic carbocycles. The Morgan fingerprint density at radius 2 is 1.00 bits per heavy atom. The van der Waals surface area contributed by atoms with Gasteiger partial charge >= 0.3 is 0 Å². The van der Waals surface area contributed by atoms with Crippen LogP contribution in [0.1, 0.15) is 0 Å². The molecule has 0 amide bonds. The van der Waals surface area contributed by atoms with E-state index in [1.807, 2.05) is 36.4 Å². The van der Waals surface area contributed by atoms with E-state index >= 15 is 0 Å². The molecule has 0 bridgehead atoms. The zero-order valence-corrected chi connectivity index (χ0v) is 27.1. The Balaban J connectivity index is 1.16. The monoisotopic (exact) mass is 638 g/mol. The van der Waals surface area contributed by atoms with Gasteiger partial charge in [0, 0.05) is 55.8 Å². The minimum absolute atomic E-state index is 0.703. The van der Waals surface area contributed by atoms with Gasteiger partial charge < -0.3 is 9.13 Å². The van der Waals surface area contributed by atoms with Gasteiger partial charge in [0.05, 0.1) is 27.9 Å². The third kappa shape index (κ3) is 4.54. The van der Waals surface area contributed by atoms with Gasteiger partial charge in [-0.25, -0.2) is 9.97 Å². The molecule has 0 aliphatic rings. The molecule has 0 N–H and O–H groups in total. The first-order valence-corrected chi connectivity index (χ1v) is 16.9. The molecule has 4 heteroatoms. The number of para-hydroxylation sites is 2. The molecule has 0 aliphatic heterocycles. The van der Waals surface area contributed by atoms with E-state index in [2.05, 4.69) is 155 Å². The van der Waals surface area contributed by atoms with Crippen molar-refractivity contribution in [2.45, 2.75) is 0 Å². The average molecular weight is 639 g/mol. The number of fused-ring (bicyclic) bond motifs is 7. The summed E-state index contributed by atoms with van der Waals surface area (Å²) in [7, 11) is 0. The molecule has 0 spiro atoms. The Morgan fingerprint density at radius 1 is 0.400 bits per heavy atom. The maximum Gasteiger partial charge on any atom is 0.160 e. The van der Waals surface area contributed by atoms with Crippen molar-refractivity contribution in [3.8, 4) is 45.3 Å². The van der Waals surface area contributed by atoms with Gasteiger partial charge in [0.2, 0.25) is 0 Å². The molecule has 0 aliphatic carbocycles. The first-order valence-electron chi connectivity index (χ1n) is 16.9. The van der Waals surface area contributed by atoms with Gasteiger partial charge in [-0.05, 0) is 66.0 Å². The molecule has 0 atom stereocenters. The summed E-state index contributed by atoms with van der Waals surface area (Å²) in [6.45, 7) is 0. The molecule has 0 unspecified atom stereocenters. The van der Waals surface area contributed by atoms with Gasteiger partial charge in [-0.15, -0.1) is 0 Å². The molecule has 3 heterocycles. The number of hydrogen-bond acceptors (Lipinski definition) is 2. The predicted octanol–water partition coefficient (Wildman–Crippen LogP) is 11.7. The van der Waals surface area contributed by atoms with Crippen LogP contribution in [0.2, 0.25) is 0 Å². The second-order valence-electron chi connectivity index (χ2n) is 12.7. The third-order valence-electron chi connectivity index (χ3n) is 9.75. The fraction of sp³-hybridized carbons (Fsp3) is 0. The molecule has 0 fully saturated rings.